The zero-order valence-corrected chi connectivity index (χ0v) is 16.0. The maximum Gasteiger partial charge on any atom is 0.374 e. The summed E-state index contributed by atoms with van der Waals surface area (Å²) in [6, 6.07) is 8.12. The summed E-state index contributed by atoms with van der Waals surface area (Å²) in [5.41, 5.74) is 0.349. The number of fused-ring (bicyclic) bond motifs is 1. The van der Waals surface area contributed by atoms with Crippen molar-refractivity contribution in [3.63, 3.8) is 0 Å². The van der Waals surface area contributed by atoms with Gasteiger partial charge in [0, 0.05) is 10.9 Å². The fourth-order valence-electron chi connectivity index (χ4n) is 2.83. The first kappa shape index (κ1) is 19.3. The third-order valence-corrected chi connectivity index (χ3v) is 4.20. The van der Waals surface area contributed by atoms with Crippen LogP contribution in [0.3, 0.4) is 0 Å². The number of carbonyl (C=O) groups excluding carboxylic acids is 2. The summed E-state index contributed by atoms with van der Waals surface area (Å²) in [6.07, 6.45) is 0. The van der Waals surface area contributed by atoms with Crippen LogP contribution in [-0.4, -0.2) is 28.8 Å². The van der Waals surface area contributed by atoms with Gasteiger partial charge in [0.25, 0.3) is 5.56 Å². The molecule has 0 amide bonds. The maximum absolute atomic E-state index is 12.7. The highest BCUT2D eigenvalue weighted by atomic mass is 16.6. The summed E-state index contributed by atoms with van der Waals surface area (Å²) >= 11 is 0. The normalized spacial score (nSPS) is 11.0. The predicted octanol–water partition coefficient (Wildman–Crippen LogP) is 3.02. The molecule has 8 nitrogen and oxygen atoms in total. The Morgan fingerprint density at radius 3 is 2.50 bits per heavy atom. The van der Waals surface area contributed by atoms with Crippen LogP contribution in [0.25, 0.3) is 10.8 Å². The molecule has 0 saturated carbocycles. The van der Waals surface area contributed by atoms with Gasteiger partial charge in [-0.15, -0.1) is 0 Å². The molecule has 0 saturated heterocycles. The van der Waals surface area contributed by atoms with Crippen molar-refractivity contribution in [2.45, 2.75) is 33.4 Å². The molecular weight excluding hydrogens is 364 g/mol. The van der Waals surface area contributed by atoms with Crippen molar-refractivity contribution in [2.24, 2.45) is 0 Å². The monoisotopic (exact) mass is 384 g/mol. The highest BCUT2D eigenvalue weighted by Crippen LogP contribution is 2.19. The second-order valence-corrected chi connectivity index (χ2v) is 6.53. The van der Waals surface area contributed by atoms with Crippen molar-refractivity contribution in [1.29, 1.82) is 0 Å². The lowest BCUT2D eigenvalue weighted by Gasteiger charge is -2.12. The van der Waals surface area contributed by atoms with E-state index in [1.54, 1.807) is 51.1 Å². The van der Waals surface area contributed by atoms with Crippen molar-refractivity contribution in [2.75, 3.05) is 7.11 Å². The van der Waals surface area contributed by atoms with Crippen LogP contribution in [0.2, 0.25) is 0 Å². The first-order valence-corrected chi connectivity index (χ1v) is 8.69. The summed E-state index contributed by atoms with van der Waals surface area (Å²) in [5, 5.41) is 5.01. The van der Waals surface area contributed by atoms with E-state index < -0.39 is 11.9 Å². The van der Waals surface area contributed by atoms with Crippen molar-refractivity contribution in [3.05, 3.63) is 63.5 Å². The molecule has 0 aliphatic heterocycles. The van der Waals surface area contributed by atoms with Crippen molar-refractivity contribution < 1.29 is 23.5 Å². The van der Waals surface area contributed by atoms with Gasteiger partial charge >= 0.3 is 11.9 Å². The van der Waals surface area contributed by atoms with Crippen LogP contribution in [0, 0.1) is 6.92 Å². The Hall–Kier alpha value is -3.42. The van der Waals surface area contributed by atoms with E-state index in [0.717, 1.165) is 0 Å². The molecule has 2 aromatic heterocycles. The Balaban J connectivity index is 1.91. The second-order valence-electron chi connectivity index (χ2n) is 6.53. The van der Waals surface area contributed by atoms with Gasteiger partial charge < -0.3 is 13.9 Å². The van der Waals surface area contributed by atoms with E-state index in [0.29, 0.717) is 22.1 Å². The Morgan fingerprint density at radius 1 is 1.18 bits per heavy atom. The number of aryl methyl sites for hydroxylation is 1. The molecule has 0 aliphatic rings. The average molecular weight is 384 g/mol. The quantitative estimate of drug-likeness (QED) is 0.623. The fourth-order valence-corrected chi connectivity index (χ4v) is 2.83. The third kappa shape index (κ3) is 3.53. The number of methoxy groups -OCH3 is 1. The summed E-state index contributed by atoms with van der Waals surface area (Å²) in [4.78, 5) is 36.8. The minimum Gasteiger partial charge on any atom is -0.463 e. The number of nitrogens with zero attached hydrogens (tertiary/aromatic N) is 2. The number of furan rings is 1. The highest BCUT2D eigenvalue weighted by molar-refractivity contribution is 6.02. The lowest BCUT2D eigenvalue weighted by molar-refractivity contribution is 0.0431. The van der Waals surface area contributed by atoms with E-state index in [-0.39, 0.29) is 29.7 Å². The Morgan fingerprint density at radius 2 is 1.86 bits per heavy atom. The first-order chi connectivity index (χ1) is 13.3. The van der Waals surface area contributed by atoms with Gasteiger partial charge in [-0.2, -0.15) is 5.10 Å². The molecule has 0 aliphatic carbocycles. The zero-order chi connectivity index (χ0) is 20.4. The molecule has 0 N–H and O–H groups in total. The van der Waals surface area contributed by atoms with Crippen LogP contribution < -0.4 is 5.56 Å². The van der Waals surface area contributed by atoms with Crippen LogP contribution in [0.1, 0.15) is 52.3 Å². The predicted molar refractivity (Wildman–Crippen MR) is 100 cm³/mol. The largest absolute Gasteiger partial charge is 0.463 e. The molecule has 0 atom stereocenters. The molecule has 0 radical (unpaired) electrons. The van der Waals surface area contributed by atoms with E-state index in [9.17, 15) is 14.4 Å². The molecule has 3 rings (SSSR count). The van der Waals surface area contributed by atoms with E-state index in [2.05, 4.69) is 9.84 Å². The standard InChI is InChI=1S/C20H20N2O6/c1-11(2)22-18(23)15-8-6-5-7-14(15)16(21-22)19(24)27-10-13-9-12(3)17(28-13)20(25)26-4/h5-9,11H,10H2,1-4H3. The number of ether oxygens (including phenoxy) is 2. The van der Waals surface area contributed by atoms with Crippen LogP contribution in [0.15, 0.2) is 39.5 Å². The van der Waals surface area contributed by atoms with E-state index in [4.69, 9.17) is 9.15 Å². The van der Waals surface area contributed by atoms with Crippen LogP contribution in [0.5, 0.6) is 0 Å². The molecule has 0 fully saturated rings. The maximum atomic E-state index is 12.7. The van der Waals surface area contributed by atoms with E-state index in [1.807, 2.05) is 0 Å². The van der Waals surface area contributed by atoms with Gasteiger partial charge in [0.15, 0.2) is 5.69 Å². The molecule has 28 heavy (non-hydrogen) atoms. The SMILES string of the molecule is COC(=O)c1oc(COC(=O)c2nn(C(C)C)c(=O)c3ccccc23)cc1C. The fraction of sp³-hybridized carbons (Fsp3) is 0.300. The van der Waals surface area contributed by atoms with Gasteiger partial charge in [-0.25, -0.2) is 14.3 Å². The van der Waals surface area contributed by atoms with Crippen molar-refractivity contribution >= 4 is 22.7 Å². The Labute approximate surface area is 160 Å². The number of carbonyl (C=O) groups is 2. The zero-order valence-electron chi connectivity index (χ0n) is 16.0. The molecule has 8 heteroatoms. The molecule has 0 spiro atoms. The van der Waals surface area contributed by atoms with Crippen LogP contribution >= 0.6 is 0 Å². The lowest BCUT2D eigenvalue weighted by Crippen LogP contribution is -2.27. The average Bonchev–Trinajstić information content (AvgIpc) is 3.06. The number of hydrogen-bond donors (Lipinski definition) is 0. The van der Waals surface area contributed by atoms with Gasteiger partial charge in [0.05, 0.1) is 18.5 Å². The topological polar surface area (TPSA) is 101 Å². The molecule has 0 unspecified atom stereocenters. The number of aromatic nitrogens is 2. The van der Waals surface area contributed by atoms with Gasteiger partial charge in [0.2, 0.25) is 5.76 Å². The molecule has 2 heterocycles. The minimum atomic E-state index is -0.695. The Kier molecular flexibility index (Phi) is 5.30. The molecular formula is C20H20N2O6. The van der Waals surface area contributed by atoms with E-state index in [1.165, 1.54) is 11.8 Å². The van der Waals surface area contributed by atoms with Crippen LogP contribution in [0.4, 0.5) is 0 Å². The number of esters is 2. The summed E-state index contributed by atoms with van der Waals surface area (Å²) < 4.78 is 16.6. The van der Waals surface area contributed by atoms with Crippen molar-refractivity contribution in [1.82, 2.24) is 9.78 Å². The molecule has 0 bridgehead atoms. The van der Waals surface area contributed by atoms with Gasteiger partial charge in [0.1, 0.15) is 12.4 Å². The van der Waals surface area contributed by atoms with E-state index >= 15 is 0 Å². The summed E-state index contributed by atoms with van der Waals surface area (Å²) in [6.45, 7) is 5.11. The molecule has 3 aromatic rings. The Bertz CT molecular complexity index is 1110. The smallest absolute Gasteiger partial charge is 0.374 e. The lowest BCUT2D eigenvalue weighted by atomic mass is 10.1. The number of hydrogen-bond acceptors (Lipinski definition) is 7. The highest BCUT2D eigenvalue weighted by Gasteiger charge is 2.21. The van der Waals surface area contributed by atoms with Gasteiger partial charge in [-0.1, -0.05) is 18.2 Å². The third-order valence-electron chi connectivity index (χ3n) is 4.20. The van der Waals surface area contributed by atoms with Gasteiger partial charge in [-0.05, 0) is 32.9 Å². The summed E-state index contributed by atoms with van der Waals surface area (Å²) in [7, 11) is 1.25. The summed E-state index contributed by atoms with van der Waals surface area (Å²) in [5.74, 6) is -0.941. The molecule has 146 valence electrons. The first-order valence-electron chi connectivity index (χ1n) is 8.69. The van der Waals surface area contributed by atoms with Crippen LogP contribution in [-0.2, 0) is 16.1 Å². The van der Waals surface area contributed by atoms with Gasteiger partial charge in [-0.3, -0.25) is 4.79 Å². The minimum absolute atomic E-state index is 0.0420. The molecule has 1 aromatic carbocycles. The second kappa shape index (κ2) is 7.67. The number of benzene rings is 1. The van der Waals surface area contributed by atoms with Crippen molar-refractivity contribution in [3.8, 4) is 0 Å². The number of rotatable bonds is 5.